The minimum atomic E-state index is -1.13. The van der Waals surface area contributed by atoms with Gasteiger partial charge in [-0.3, -0.25) is 14.6 Å². The van der Waals surface area contributed by atoms with Gasteiger partial charge in [0.05, 0.1) is 16.7 Å². The van der Waals surface area contributed by atoms with Crippen LogP contribution in [0.4, 0.5) is 0 Å². The monoisotopic (exact) mass is 444 g/mol. The lowest BCUT2D eigenvalue weighted by atomic mass is 9.69. The summed E-state index contributed by atoms with van der Waals surface area (Å²) in [6.07, 6.45) is 2.05. The molecule has 2 aromatic rings. The molecule has 33 heavy (non-hydrogen) atoms. The number of ether oxygens (including phenoxy) is 1. The molecule has 5 aliphatic rings. The Morgan fingerprint density at radius 3 is 2.73 bits per heavy atom. The van der Waals surface area contributed by atoms with Crippen molar-refractivity contribution in [1.82, 2.24) is 5.32 Å². The van der Waals surface area contributed by atoms with Crippen LogP contribution in [0.3, 0.4) is 0 Å². The number of nitrogens with one attached hydrogen (secondary N) is 1. The van der Waals surface area contributed by atoms with E-state index in [9.17, 15) is 24.9 Å². The molecule has 0 amide bonds. The molecule has 2 aliphatic carbocycles. The number of phenolic OH excluding ortho intramolecular Hbond substituents is 2. The quantitative estimate of drug-likeness (QED) is 0.418. The molecule has 0 radical (unpaired) electrons. The summed E-state index contributed by atoms with van der Waals surface area (Å²) in [6, 6.07) is 5.78. The van der Waals surface area contributed by atoms with Crippen LogP contribution < -0.4 is 5.32 Å². The highest BCUT2D eigenvalue weighted by atomic mass is 16.6. The van der Waals surface area contributed by atoms with E-state index in [2.05, 4.69) is 10.3 Å². The van der Waals surface area contributed by atoms with Crippen molar-refractivity contribution < 1.29 is 29.6 Å². The molecular formula is C25H20N2O6. The Kier molecular flexibility index (Phi) is 3.29. The molecule has 2 aromatic carbocycles. The topological polar surface area (TPSA) is 128 Å². The zero-order valence-corrected chi connectivity index (χ0v) is 17.7. The Bertz CT molecular complexity index is 1410. The van der Waals surface area contributed by atoms with Crippen LogP contribution in [-0.4, -0.2) is 50.6 Å². The summed E-state index contributed by atoms with van der Waals surface area (Å²) >= 11 is 0. The second kappa shape index (κ2) is 5.70. The van der Waals surface area contributed by atoms with Gasteiger partial charge in [0, 0.05) is 29.2 Å². The molecule has 1 saturated heterocycles. The van der Waals surface area contributed by atoms with Gasteiger partial charge in [-0.15, -0.1) is 0 Å². The minimum Gasteiger partial charge on any atom is -0.507 e. The van der Waals surface area contributed by atoms with Gasteiger partial charge < -0.3 is 25.4 Å². The Morgan fingerprint density at radius 1 is 1.15 bits per heavy atom. The third-order valence-electron chi connectivity index (χ3n) is 7.77. The van der Waals surface area contributed by atoms with E-state index in [1.807, 2.05) is 13.0 Å². The van der Waals surface area contributed by atoms with Gasteiger partial charge in [0.2, 0.25) is 0 Å². The molecule has 7 rings (SSSR count). The highest BCUT2D eigenvalue weighted by Gasteiger charge is 2.63. The zero-order chi connectivity index (χ0) is 22.9. The zero-order valence-electron chi connectivity index (χ0n) is 17.7. The van der Waals surface area contributed by atoms with Gasteiger partial charge in [-0.05, 0) is 49.1 Å². The maximum atomic E-state index is 13.4. The molecule has 0 aromatic heterocycles. The van der Waals surface area contributed by atoms with Crippen LogP contribution in [0.5, 0.6) is 11.5 Å². The van der Waals surface area contributed by atoms with Crippen molar-refractivity contribution in [3.8, 4) is 11.5 Å². The molecular weight excluding hydrogens is 424 g/mol. The van der Waals surface area contributed by atoms with E-state index in [1.165, 1.54) is 24.3 Å². The molecule has 8 heteroatoms. The molecule has 1 fully saturated rings. The summed E-state index contributed by atoms with van der Waals surface area (Å²) in [6.45, 7) is 2.51. The van der Waals surface area contributed by atoms with E-state index in [-0.39, 0.29) is 33.8 Å². The van der Waals surface area contributed by atoms with E-state index in [0.29, 0.717) is 24.1 Å². The number of aromatic hydroxyl groups is 2. The van der Waals surface area contributed by atoms with Crippen LogP contribution >= 0.6 is 0 Å². The third-order valence-corrected chi connectivity index (χ3v) is 7.77. The van der Waals surface area contributed by atoms with E-state index in [1.54, 1.807) is 0 Å². The van der Waals surface area contributed by atoms with E-state index in [0.717, 1.165) is 17.8 Å². The van der Waals surface area contributed by atoms with Crippen LogP contribution in [0.2, 0.25) is 0 Å². The summed E-state index contributed by atoms with van der Waals surface area (Å²) in [5.74, 6) is -1.35. The lowest BCUT2D eigenvalue weighted by Gasteiger charge is -2.35. The number of nitrogens with zero attached hydrogens (tertiary/aromatic N) is 1. The highest BCUT2D eigenvalue weighted by molar-refractivity contribution is 6.30. The average Bonchev–Trinajstić information content (AvgIpc) is 3.41. The van der Waals surface area contributed by atoms with Gasteiger partial charge in [0.25, 0.3) is 0 Å². The predicted octanol–water partition coefficient (Wildman–Crippen LogP) is 2.21. The Labute approximate surface area is 188 Å². The SMILES string of the molecule is C[C@@]12C[C@@H](c3c(cc4c(c3O)C(=O)c3cccc(O)c3C4=O)[C@H]1O)[C@]1(C=C3CCN=C3N1)O2. The lowest BCUT2D eigenvalue weighted by Crippen LogP contribution is -2.46. The second-order valence-electron chi connectivity index (χ2n) is 9.65. The van der Waals surface area contributed by atoms with Crippen molar-refractivity contribution >= 4 is 17.4 Å². The number of aliphatic hydroxyl groups excluding tert-OH is 1. The number of ketones is 2. The molecule has 3 aliphatic heterocycles. The fourth-order valence-electron chi connectivity index (χ4n) is 6.30. The van der Waals surface area contributed by atoms with E-state index >= 15 is 0 Å². The molecule has 3 heterocycles. The summed E-state index contributed by atoms with van der Waals surface area (Å²) in [7, 11) is 0. The van der Waals surface area contributed by atoms with Gasteiger partial charge in [0.1, 0.15) is 23.4 Å². The van der Waals surface area contributed by atoms with Crippen molar-refractivity contribution in [3.63, 3.8) is 0 Å². The van der Waals surface area contributed by atoms with Crippen molar-refractivity contribution in [2.45, 2.75) is 43.1 Å². The number of hydrogen-bond acceptors (Lipinski definition) is 8. The number of aliphatic imine (C=N–C) groups is 1. The standard InChI is InChI=1S/C25H20N2O6/c1-24-9-14(25(33-24)8-10-5-6-26-23(10)27-25)16-13(22(24)32)7-12-18(21(16)31)19(29)11-3-2-4-15(28)17(11)20(12)30/h2-4,7-8,14,22,28,31-32H,5-6,9H2,1H3,(H,26,27)/t14-,22+,24+,25-/m0/s1. The summed E-state index contributed by atoms with van der Waals surface area (Å²) < 4.78 is 6.47. The van der Waals surface area contributed by atoms with Crippen molar-refractivity contribution in [3.05, 3.63) is 69.3 Å². The first-order valence-electron chi connectivity index (χ1n) is 11.0. The first kappa shape index (κ1) is 19.0. The van der Waals surface area contributed by atoms with E-state index in [4.69, 9.17) is 4.74 Å². The van der Waals surface area contributed by atoms with Gasteiger partial charge in [-0.1, -0.05) is 12.1 Å². The molecule has 0 unspecified atom stereocenters. The van der Waals surface area contributed by atoms with Gasteiger partial charge in [0.15, 0.2) is 17.3 Å². The molecule has 0 saturated carbocycles. The van der Waals surface area contributed by atoms with Crippen LogP contribution in [0.1, 0.15) is 74.8 Å². The molecule has 4 atom stereocenters. The smallest absolute Gasteiger partial charge is 0.198 e. The third kappa shape index (κ3) is 2.11. The normalized spacial score (nSPS) is 32.7. The number of carbonyl (C=O) groups excluding carboxylic acids is 2. The number of carbonyl (C=O) groups is 2. The average molecular weight is 444 g/mol. The number of hydrogen-bond donors (Lipinski definition) is 4. The molecule has 2 bridgehead atoms. The van der Waals surface area contributed by atoms with Crippen molar-refractivity contribution in [2.24, 2.45) is 4.99 Å². The summed E-state index contributed by atoms with van der Waals surface area (Å²) in [5.41, 5.74) is -0.328. The fourth-order valence-corrected chi connectivity index (χ4v) is 6.30. The maximum Gasteiger partial charge on any atom is 0.198 e. The predicted molar refractivity (Wildman–Crippen MR) is 116 cm³/mol. The number of amidine groups is 1. The first-order chi connectivity index (χ1) is 15.7. The number of rotatable bonds is 0. The molecule has 166 valence electrons. The fraction of sp³-hybridized carbons (Fsp3) is 0.320. The summed E-state index contributed by atoms with van der Waals surface area (Å²) in [5, 5.41) is 36.4. The number of phenols is 2. The lowest BCUT2D eigenvalue weighted by molar-refractivity contribution is -0.133. The van der Waals surface area contributed by atoms with Crippen LogP contribution in [0.15, 0.2) is 40.9 Å². The number of fused-ring (bicyclic) bond motifs is 8. The largest absolute Gasteiger partial charge is 0.507 e. The van der Waals surface area contributed by atoms with Gasteiger partial charge in [-0.25, -0.2) is 0 Å². The molecule has 8 nitrogen and oxygen atoms in total. The Balaban J connectivity index is 1.48. The van der Waals surface area contributed by atoms with E-state index < -0.39 is 34.9 Å². The van der Waals surface area contributed by atoms with Crippen LogP contribution in [-0.2, 0) is 4.74 Å². The number of benzene rings is 2. The maximum absolute atomic E-state index is 13.4. The van der Waals surface area contributed by atoms with Gasteiger partial charge in [-0.2, -0.15) is 0 Å². The van der Waals surface area contributed by atoms with Crippen molar-refractivity contribution in [1.29, 1.82) is 0 Å². The van der Waals surface area contributed by atoms with Gasteiger partial charge >= 0.3 is 0 Å². The summed E-state index contributed by atoms with van der Waals surface area (Å²) in [4.78, 5) is 31.1. The first-order valence-corrected chi connectivity index (χ1v) is 11.0. The second-order valence-corrected chi connectivity index (χ2v) is 9.65. The Hall–Kier alpha value is -3.49. The van der Waals surface area contributed by atoms with Crippen molar-refractivity contribution in [2.75, 3.05) is 6.54 Å². The van der Waals surface area contributed by atoms with Crippen LogP contribution in [0, 0.1) is 0 Å². The minimum absolute atomic E-state index is 0.0257. The Morgan fingerprint density at radius 2 is 1.94 bits per heavy atom. The molecule has 4 N–H and O–H groups in total. The van der Waals surface area contributed by atoms with Crippen LogP contribution in [0.25, 0.3) is 0 Å². The highest BCUT2D eigenvalue weighted by Crippen LogP contribution is 2.62. The number of aliphatic hydroxyl groups is 1. The molecule has 1 spiro atoms.